The van der Waals surface area contributed by atoms with Crippen molar-refractivity contribution in [2.24, 2.45) is 0 Å². The van der Waals surface area contributed by atoms with Gasteiger partial charge in [0.15, 0.2) is 0 Å². The summed E-state index contributed by atoms with van der Waals surface area (Å²) in [6, 6.07) is 6.06. The zero-order valence-corrected chi connectivity index (χ0v) is 8.01. The van der Waals surface area contributed by atoms with Gasteiger partial charge in [0.1, 0.15) is 5.56 Å². The fourth-order valence-corrected chi connectivity index (χ4v) is 1.24. The number of nitro groups is 1. The lowest BCUT2D eigenvalue weighted by molar-refractivity contribution is -0.384. The van der Waals surface area contributed by atoms with Crippen LogP contribution in [0.5, 0.6) is 0 Å². The predicted octanol–water partition coefficient (Wildman–Crippen LogP) is 2.30. The van der Waals surface area contributed by atoms with E-state index in [0.29, 0.717) is 0 Å². The minimum atomic E-state index is -0.520. The standard InChI is InChI=1S/C8H4ClN3O3/c9-8-10-7(15-11-8)5-3-1-2-4-6(5)12(13)14/h1-4H. The van der Waals surface area contributed by atoms with Crippen LogP contribution in [0.3, 0.4) is 0 Å². The fourth-order valence-electron chi connectivity index (χ4n) is 1.13. The van der Waals surface area contributed by atoms with Gasteiger partial charge in [0, 0.05) is 6.07 Å². The highest BCUT2D eigenvalue weighted by molar-refractivity contribution is 6.28. The molecule has 2 aromatic rings. The van der Waals surface area contributed by atoms with E-state index in [1.54, 1.807) is 12.1 Å². The van der Waals surface area contributed by atoms with Crippen molar-refractivity contribution in [3.63, 3.8) is 0 Å². The first-order valence-corrected chi connectivity index (χ1v) is 4.29. The van der Waals surface area contributed by atoms with Crippen LogP contribution in [0.1, 0.15) is 0 Å². The summed E-state index contributed by atoms with van der Waals surface area (Å²) in [5, 5.41) is 14.0. The first-order chi connectivity index (χ1) is 7.18. The summed E-state index contributed by atoms with van der Waals surface area (Å²) in [7, 11) is 0. The van der Waals surface area contributed by atoms with E-state index >= 15 is 0 Å². The molecule has 1 heterocycles. The molecule has 1 aromatic carbocycles. The highest BCUT2D eigenvalue weighted by Crippen LogP contribution is 2.28. The van der Waals surface area contributed by atoms with Crippen LogP contribution in [0.2, 0.25) is 5.28 Å². The third-order valence-electron chi connectivity index (χ3n) is 1.73. The molecule has 0 aliphatic carbocycles. The number of nitro benzene ring substituents is 1. The number of para-hydroxylation sites is 1. The Morgan fingerprint density at radius 3 is 2.73 bits per heavy atom. The monoisotopic (exact) mass is 225 g/mol. The highest BCUT2D eigenvalue weighted by Gasteiger charge is 2.18. The van der Waals surface area contributed by atoms with Gasteiger partial charge < -0.3 is 4.52 Å². The van der Waals surface area contributed by atoms with E-state index < -0.39 is 4.92 Å². The number of nitrogens with zero attached hydrogens (tertiary/aromatic N) is 3. The van der Waals surface area contributed by atoms with Gasteiger partial charge in [0.25, 0.3) is 16.9 Å². The first kappa shape index (κ1) is 9.60. The molecule has 0 aliphatic rings. The normalized spacial score (nSPS) is 10.2. The van der Waals surface area contributed by atoms with E-state index in [0.717, 1.165) is 0 Å². The van der Waals surface area contributed by atoms with E-state index in [2.05, 4.69) is 10.1 Å². The second-order valence-electron chi connectivity index (χ2n) is 2.64. The molecule has 0 fully saturated rings. The van der Waals surface area contributed by atoms with E-state index in [1.807, 2.05) is 0 Å². The van der Waals surface area contributed by atoms with E-state index in [1.165, 1.54) is 12.1 Å². The van der Waals surface area contributed by atoms with Crippen LogP contribution in [-0.2, 0) is 0 Å². The smallest absolute Gasteiger partial charge is 0.282 e. The molecule has 0 atom stereocenters. The van der Waals surface area contributed by atoms with Crippen molar-refractivity contribution < 1.29 is 9.45 Å². The Morgan fingerprint density at radius 2 is 2.13 bits per heavy atom. The Bertz CT molecular complexity index is 511. The lowest BCUT2D eigenvalue weighted by Gasteiger charge is -1.95. The Kier molecular flexibility index (Phi) is 2.34. The molecule has 76 valence electrons. The summed E-state index contributed by atoms with van der Waals surface area (Å²) >= 11 is 5.46. The zero-order valence-electron chi connectivity index (χ0n) is 7.25. The topological polar surface area (TPSA) is 82.1 Å². The molecule has 0 amide bonds. The van der Waals surface area contributed by atoms with Crippen LogP contribution in [0.25, 0.3) is 11.5 Å². The molecular formula is C8H4ClN3O3. The average Bonchev–Trinajstić information content (AvgIpc) is 2.65. The maximum atomic E-state index is 10.7. The number of hydrogen-bond donors (Lipinski definition) is 0. The Morgan fingerprint density at radius 1 is 1.40 bits per heavy atom. The molecule has 0 unspecified atom stereocenters. The summed E-state index contributed by atoms with van der Waals surface area (Å²) in [6.07, 6.45) is 0. The van der Waals surface area contributed by atoms with Crippen LogP contribution in [-0.4, -0.2) is 15.1 Å². The largest absolute Gasteiger partial charge is 0.332 e. The molecule has 0 saturated heterocycles. The molecule has 7 heteroatoms. The van der Waals surface area contributed by atoms with Gasteiger partial charge in [-0.1, -0.05) is 12.1 Å². The summed E-state index contributed by atoms with van der Waals surface area (Å²) < 4.78 is 4.74. The summed E-state index contributed by atoms with van der Waals surface area (Å²) in [6.45, 7) is 0. The van der Waals surface area contributed by atoms with Crippen LogP contribution < -0.4 is 0 Å². The van der Waals surface area contributed by atoms with Gasteiger partial charge in [-0.25, -0.2) is 0 Å². The summed E-state index contributed by atoms with van der Waals surface area (Å²) in [5.74, 6) is 0.0345. The van der Waals surface area contributed by atoms with Crippen LogP contribution in [0.15, 0.2) is 28.8 Å². The number of benzene rings is 1. The van der Waals surface area contributed by atoms with Gasteiger partial charge in [0.2, 0.25) is 0 Å². The zero-order chi connectivity index (χ0) is 10.8. The highest BCUT2D eigenvalue weighted by atomic mass is 35.5. The number of aromatic nitrogens is 2. The van der Waals surface area contributed by atoms with Crippen molar-refractivity contribution in [3.05, 3.63) is 39.7 Å². The molecular weight excluding hydrogens is 222 g/mol. The van der Waals surface area contributed by atoms with Crippen molar-refractivity contribution in [1.82, 2.24) is 10.1 Å². The van der Waals surface area contributed by atoms with E-state index in [4.69, 9.17) is 16.1 Å². The molecule has 0 saturated carbocycles. The number of hydrogen-bond acceptors (Lipinski definition) is 5. The molecule has 0 N–H and O–H groups in total. The van der Waals surface area contributed by atoms with Gasteiger partial charge in [-0.05, 0) is 22.8 Å². The van der Waals surface area contributed by atoms with Crippen molar-refractivity contribution in [1.29, 1.82) is 0 Å². The summed E-state index contributed by atoms with van der Waals surface area (Å²) in [4.78, 5) is 13.9. The second kappa shape index (κ2) is 3.66. The average molecular weight is 226 g/mol. The van der Waals surface area contributed by atoms with Crippen molar-refractivity contribution in [2.45, 2.75) is 0 Å². The predicted molar refractivity (Wildman–Crippen MR) is 51.4 cm³/mol. The maximum Gasteiger partial charge on any atom is 0.282 e. The Hall–Kier alpha value is -1.95. The van der Waals surface area contributed by atoms with Crippen molar-refractivity contribution in [3.8, 4) is 11.5 Å². The molecule has 15 heavy (non-hydrogen) atoms. The third kappa shape index (κ3) is 1.79. The lowest BCUT2D eigenvalue weighted by Crippen LogP contribution is -1.91. The van der Waals surface area contributed by atoms with Gasteiger partial charge in [-0.2, -0.15) is 4.98 Å². The first-order valence-electron chi connectivity index (χ1n) is 3.91. The van der Waals surface area contributed by atoms with Gasteiger partial charge in [0.05, 0.1) is 4.92 Å². The fraction of sp³-hybridized carbons (Fsp3) is 0. The molecule has 0 bridgehead atoms. The second-order valence-corrected chi connectivity index (χ2v) is 2.98. The quantitative estimate of drug-likeness (QED) is 0.578. The third-order valence-corrected chi connectivity index (χ3v) is 1.89. The van der Waals surface area contributed by atoms with E-state index in [9.17, 15) is 10.1 Å². The molecule has 0 spiro atoms. The lowest BCUT2D eigenvalue weighted by atomic mass is 10.2. The van der Waals surface area contributed by atoms with E-state index in [-0.39, 0.29) is 22.4 Å². The van der Waals surface area contributed by atoms with Crippen molar-refractivity contribution in [2.75, 3.05) is 0 Å². The number of rotatable bonds is 2. The molecule has 1 aromatic heterocycles. The molecule has 2 rings (SSSR count). The minimum Gasteiger partial charge on any atom is -0.332 e. The maximum absolute atomic E-state index is 10.7. The SMILES string of the molecule is O=[N+]([O-])c1ccccc1-c1nc(Cl)no1. The Balaban J connectivity index is 2.57. The summed E-state index contributed by atoms with van der Waals surface area (Å²) in [5.41, 5.74) is 0.153. The van der Waals surface area contributed by atoms with Crippen molar-refractivity contribution >= 4 is 17.3 Å². The van der Waals surface area contributed by atoms with Crippen LogP contribution in [0.4, 0.5) is 5.69 Å². The van der Waals surface area contributed by atoms with Crippen LogP contribution >= 0.6 is 11.6 Å². The minimum absolute atomic E-state index is 0.0345. The van der Waals surface area contributed by atoms with Gasteiger partial charge >= 0.3 is 0 Å². The molecule has 6 nitrogen and oxygen atoms in total. The van der Waals surface area contributed by atoms with Crippen LogP contribution in [0, 0.1) is 10.1 Å². The molecule has 0 radical (unpaired) electrons. The van der Waals surface area contributed by atoms with Gasteiger partial charge in [-0.3, -0.25) is 10.1 Å². The Labute approximate surface area is 88.6 Å². The van der Waals surface area contributed by atoms with Gasteiger partial charge in [-0.15, -0.1) is 0 Å². The molecule has 0 aliphatic heterocycles. The number of halogens is 1.